The third kappa shape index (κ3) is 5.14. The molecule has 0 atom stereocenters. The molecule has 10 heteroatoms. The van der Waals surface area contributed by atoms with Gasteiger partial charge in [-0.05, 0) is 67.1 Å². The molecule has 0 spiro atoms. The number of aryl methyl sites for hydroxylation is 1. The van der Waals surface area contributed by atoms with E-state index in [4.69, 9.17) is 4.74 Å². The number of rotatable bonds is 7. The largest absolute Gasteiger partial charge is 0.457 e. The van der Waals surface area contributed by atoms with Crippen molar-refractivity contribution in [2.24, 2.45) is 5.10 Å². The molecule has 0 aliphatic carbocycles. The number of benzene rings is 3. The number of hydrazone groups is 1. The molecule has 5 rings (SSSR count). The van der Waals surface area contributed by atoms with Crippen LogP contribution < -0.4 is 9.75 Å². The van der Waals surface area contributed by atoms with E-state index in [9.17, 15) is 14.9 Å². The Bertz CT molecular complexity index is 1580. The Morgan fingerprint density at radius 1 is 1.00 bits per heavy atom. The Labute approximate surface area is 213 Å². The highest BCUT2D eigenvalue weighted by atomic mass is 32.1. The lowest BCUT2D eigenvalue weighted by molar-refractivity contribution is -0.380. The van der Waals surface area contributed by atoms with Crippen molar-refractivity contribution in [1.29, 1.82) is 0 Å². The van der Waals surface area contributed by atoms with Crippen LogP contribution in [-0.2, 0) is 0 Å². The minimum atomic E-state index is -0.458. The maximum absolute atomic E-state index is 13.5. The fourth-order valence-corrected chi connectivity index (χ4v) is 5.04. The molecule has 0 N–H and O–H groups in total. The summed E-state index contributed by atoms with van der Waals surface area (Å²) in [6, 6.07) is 25.0. The van der Waals surface area contributed by atoms with E-state index in [1.807, 2.05) is 55.5 Å². The number of amides is 1. The number of anilines is 1. The summed E-state index contributed by atoms with van der Waals surface area (Å²) in [7, 11) is 0. The van der Waals surface area contributed by atoms with Crippen LogP contribution in [0.1, 0.15) is 20.8 Å². The predicted octanol–water partition coefficient (Wildman–Crippen LogP) is 7.05. The number of thiophene rings is 1. The molecule has 0 fully saturated rings. The van der Waals surface area contributed by atoms with Crippen molar-refractivity contribution in [2.75, 3.05) is 5.01 Å². The first-order valence-corrected chi connectivity index (χ1v) is 12.4. The van der Waals surface area contributed by atoms with E-state index < -0.39 is 4.92 Å². The number of thiazole rings is 1. The summed E-state index contributed by atoms with van der Waals surface area (Å²) < 4.78 is 6.74. The molecular formula is C26H18N4O4S2. The molecule has 178 valence electrons. The van der Waals surface area contributed by atoms with Crippen LogP contribution in [0.5, 0.6) is 11.5 Å². The first kappa shape index (κ1) is 23.3. The number of para-hydroxylation sites is 1. The average molecular weight is 515 g/mol. The quantitative estimate of drug-likeness (QED) is 0.132. The minimum Gasteiger partial charge on any atom is -0.457 e. The Morgan fingerprint density at radius 2 is 1.75 bits per heavy atom. The number of hydrogen-bond donors (Lipinski definition) is 0. The number of nitro groups is 1. The highest BCUT2D eigenvalue weighted by Crippen LogP contribution is 2.31. The molecule has 3 aromatic carbocycles. The molecule has 0 bridgehead atoms. The monoisotopic (exact) mass is 514 g/mol. The van der Waals surface area contributed by atoms with Gasteiger partial charge in [-0.3, -0.25) is 14.9 Å². The van der Waals surface area contributed by atoms with Gasteiger partial charge in [0.15, 0.2) is 0 Å². The summed E-state index contributed by atoms with van der Waals surface area (Å²) in [5.74, 6) is 0.895. The maximum atomic E-state index is 13.5. The van der Waals surface area contributed by atoms with Crippen molar-refractivity contribution in [3.63, 3.8) is 0 Å². The van der Waals surface area contributed by atoms with E-state index in [1.54, 1.807) is 30.3 Å². The van der Waals surface area contributed by atoms with E-state index in [1.165, 1.54) is 28.6 Å². The van der Waals surface area contributed by atoms with E-state index >= 15 is 0 Å². The molecule has 0 radical (unpaired) electrons. The van der Waals surface area contributed by atoms with Crippen molar-refractivity contribution in [1.82, 2.24) is 4.98 Å². The van der Waals surface area contributed by atoms with Crippen LogP contribution in [0.3, 0.4) is 0 Å². The summed E-state index contributed by atoms with van der Waals surface area (Å²) in [6.07, 6.45) is 1.43. The predicted molar refractivity (Wildman–Crippen MR) is 143 cm³/mol. The fraction of sp³-hybridized carbons (Fsp3) is 0.0385. The van der Waals surface area contributed by atoms with Crippen molar-refractivity contribution in [3.05, 3.63) is 111 Å². The second kappa shape index (κ2) is 10.1. The van der Waals surface area contributed by atoms with E-state index in [0.717, 1.165) is 27.1 Å². The van der Waals surface area contributed by atoms with Crippen molar-refractivity contribution in [3.8, 4) is 11.5 Å². The fourth-order valence-electron chi connectivity index (χ4n) is 3.34. The van der Waals surface area contributed by atoms with Crippen LogP contribution in [0.4, 0.5) is 10.1 Å². The average Bonchev–Trinajstić information content (AvgIpc) is 3.52. The second-order valence-corrected chi connectivity index (χ2v) is 9.80. The highest BCUT2D eigenvalue weighted by Gasteiger charge is 2.21. The number of ether oxygens (including phenoxy) is 1. The van der Waals surface area contributed by atoms with Crippen molar-refractivity contribution < 1.29 is 14.5 Å². The zero-order valence-corrected chi connectivity index (χ0v) is 20.5. The molecule has 0 saturated carbocycles. The summed E-state index contributed by atoms with van der Waals surface area (Å²) in [4.78, 5) is 29.2. The lowest BCUT2D eigenvalue weighted by atomic mass is 10.2. The number of nitrogens with zero attached hydrogens (tertiary/aromatic N) is 4. The first-order chi connectivity index (χ1) is 17.5. The highest BCUT2D eigenvalue weighted by molar-refractivity contribution is 7.22. The van der Waals surface area contributed by atoms with E-state index in [0.29, 0.717) is 27.1 Å². The molecule has 5 aromatic rings. The van der Waals surface area contributed by atoms with Gasteiger partial charge in [-0.25, -0.2) is 4.98 Å². The van der Waals surface area contributed by atoms with Crippen LogP contribution in [0.2, 0.25) is 0 Å². The number of carbonyl (C=O) groups is 1. The van der Waals surface area contributed by atoms with Crippen molar-refractivity contribution >= 4 is 55.1 Å². The van der Waals surface area contributed by atoms with Crippen LogP contribution >= 0.6 is 22.7 Å². The van der Waals surface area contributed by atoms with Gasteiger partial charge in [0.25, 0.3) is 5.91 Å². The topological polar surface area (TPSA) is 97.9 Å². The molecule has 2 aromatic heterocycles. The molecule has 0 saturated heterocycles. The first-order valence-electron chi connectivity index (χ1n) is 10.8. The van der Waals surface area contributed by atoms with Crippen LogP contribution in [0.25, 0.3) is 10.2 Å². The van der Waals surface area contributed by atoms with Gasteiger partial charge in [0.1, 0.15) is 11.5 Å². The molecule has 36 heavy (non-hydrogen) atoms. The van der Waals surface area contributed by atoms with Gasteiger partial charge in [-0.2, -0.15) is 10.1 Å². The summed E-state index contributed by atoms with van der Waals surface area (Å²) in [5, 5.41) is 17.0. The van der Waals surface area contributed by atoms with Crippen LogP contribution in [-0.4, -0.2) is 22.0 Å². The molecule has 0 aliphatic heterocycles. The zero-order valence-electron chi connectivity index (χ0n) is 18.9. The lowest BCUT2D eigenvalue weighted by Crippen LogP contribution is -2.25. The molecule has 1 amide bonds. The number of fused-ring (bicyclic) bond motifs is 1. The summed E-state index contributed by atoms with van der Waals surface area (Å²) >= 11 is 2.32. The van der Waals surface area contributed by atoms with Gasteiger partial charge in [-0.1, -0.05) is 46.9 Å². The van der Waals surface area contributed by atoms with E-state index in [-0.39, 0.29) is 10.9 Å². The second-order valence-electron chi connectivity index (χ2n) is 7.70. The number of carbonyl (C=O) groups excluding carboxylic acids is 1. The Morgan fingerprint density at radius 3 is 2.47 bits per heavy atom. The molecule has 0 unspecified atom stereocenters. The number of aromatic nitrogens is 1. The van der Waals surface area contributed by atoms with Gasteiger partial charge < -0.3 is 4.74 Å². The Kier molecular flexibility index (Phi) is 6.52. The molecule has 8 nitrogen and oxygen atoms in total. The van der Waals surface area contributed by atoms with Gasteiger partial charge in [0.05, 0.1) is 26.2 Å². The molecule has 2 heterocycles. The van der Waals surface area contributed by atoms with Gasteiger partial charge in [0.2, 0.25) is 5.13 Å². The van der Waals surface area contributed by atoms with Gasteiger partial charge >= 0.3 is 5.00 Å². The maximum Gasteiger partial charge on any atom is 0.324 e. The van der Waals surface area contributed by atoms with Crippen LogP contribution in [0.15, 0.2) is 90.0 Å². The van der Waals surface area contributed by atoms with Gasteiger partial charge in [0, 0.05) is 11.6 Å². The SMILES string of the molecule is Cc1ccc2nc(N(/N=C/c3ccc([N+](=O)[O-])s3)C(=O)c3ccc(Oc4ccccc4)cc3)sc2c1. The summed E-state index contributed by atoms with van der Waals surface area (Å²) in [6.45, 7) is 1.99. The van der Waals surface area contributed by atoms with Crippen molar-refractivity contribution in [2.45, 2.75) is 6.92 Å². The van der Waals surface area contributed by atoms with Crippen LogP contribution in [0, 0.1) is 17.0 Å². The van der Waals surface area contributed by atoms with E-state index in [2.05, 4.69) is 10.1 Å². The summed E-state index contributed by atoms with van der Waals surface area (Å²) in [5.41, 5.74) is 2.23. The number of hydrogen-bond acceptors (Lipinski definition) is 8. The van der Waals surface area contributed by atoms with Gasteiger partial charge in [-0.15, -0.1) is 0 Å². The molecular weight excluding hydrogens is 496 g/mol. The smallest absolute Gasteiger partial charge is 0.324 e. The Balaban J connectivity index is 1.46. The normalized spacial score (nSPS) is 11.1. The molecule has 0 aliphatic rings. The third-order valence-electron chi connectivity index (χ3n) is 5.08. The minimum absolute atomic E-state index is 0.00112. The Hall–Kier alpha value is -4.41. The third-order valence-corrected chi connectivity index (χ3v) is 7.04. The standard InChI is InChI=1S/C26H18N4O4S2/c1-17-7-13-22-23(15-17)36-26(28-22)29(27-16-21-12-14-24(35-21)30(32)33)25(31)18-8-10-20(11-9-18)34-19-5-3-2-4-6-19/h2-16H,1H3/b27-16+. The lowest BCUT2D eigenvalue weighted by Gasteiger charge is -2.14. The zero-order chi connectivity index (χ0) is 25.1.